The number of hydrogen-bond acceptors (Lipinski definition) is 4. The van der Waals surface area contributed by atoms with E-state index in [1.165, 1.54) is 0 Å². The normalized spacial score (nSPS) is 19.7. The Labute approximate surface area is 164 Å². The number of nitrogens with one attached hydrogen (secondary N) is 1. The van der Waals surface area contributed by atoms with E-state index in [1.54, 1.807) is 7.11 Å². The summed E-state index contributed by atoms with van der Waals surface area (Å²) >= 11 is 0. The zero-order valence-electron chi connectivity index (χ0n) is 16.6. The predicted molar refractivity (Wildman–Crippen MR) is 110 cm³/mol. The minimum atomic E-state index is 0.0349. The van der Waals surface area contributed by atoms with Crippen LogP contribution in [0.3, 0.4) is 0 Å². The molecule has 0 radical (unpaired) electrons. The fourth-order valence-electron chi connectivity index (χ4n) is 3.93. The molecule has 2 aromatic heterocycles. The Bertz CT molecular complexity index is 1000. The molecule has 146 valence electrons. The first-order valence-electron chi connectivity index (χ1n) is 9.77. The number of amides is 1. The summed E-state index contributed by atoms with van der Waals surface area (Å²) in [5.74, 6) is 1.66. The molecule has 3 aromatic rings. The molecule has 28 heavy (non-hydrogen) atoms. The van der Waals surface area contributed by atoms with E-state index in [0.29, 0.717) is 5.82 Å². The molecule has 0 bridgehead atoms. The van der Waals surface area contributed by atoms with Gasteiger partial charge in [-0.3, -0.25) is 4.79 Å². The Balaban J connectivity index is 1.54. The SMILES string of the molecule is CO[C@H]1CC[C@@H](C(=O)Nc2cc3cc(-c4cnc(C)n4C)ccc3cn2)CC1. The van der Waals surface area contributed by atoms with E-state index >= 15 is 0 Å². The summed E-state index contributed by atoms with van der Waals surface area (Å²) in [5, 5.41) is 5.09. The molecule has 1 fully saturated rings. The minimum absolute atomic E-state index is 0.0349. The standard InChI is InChI=1S/C22H26N4O2/c1-14-23-13-20(26(14)2)16-4-5-17-12-24-21(11-18(17)10-16)25-22(27)15-6-8-19(28-3)9-7-15/h4-5,10-13,15,19H,6-9H2,1-3H3,(H,24,25,27)/t15-,19+. The number of aryl methyl sites for hydroxylation is 1. The maximum Gasteiger partial charge on any atom is 0.228 e. The van der Waals surface area contributed by atoms with Crippen LogP contribution in [0.1, 0.15) is 31.5 Å². The molecule has 1 amide bonds. The number of imidazole rings is 1. The average molecular weight is 378 g/mol. The Morgan fingerprint density at radius 3 is 2.57 bits per heavy atom. The van der Waals surface area contributed by atoms with Crippen LogP contribution in [0.25, 0.3) is 22.0 Å². The van der Waals surface area contributed by atoms with Crippen LogP contribution >= 0.6 is 0 Å². The van der Waals surface area contributed by atoms with E-state index < -0.39 is 0 Å². The highest BCUT2D eigenvalue weighted by atomic mass is 16.5. The van der Waals surface area contributed by atoms with Crippen LogP contribution in [0, 0.1) is 12.8 Å². The van der Waals surface area contributed by atoms with Crippen LogP contribution in [-0.2, 0) is 16.6 Å². The zero-order valence-corrected chi connectivity index (χ0v) is 16.6. The molecule has 1 aromatic carbocycles. The van der Waals surface area contributed by atoms with E-state index in [4.69, 9.17) is 4.74 Å². The van der Waals surface area contributed by atoms with Gasteiger partial charge in [-0.05, 0) is 50.1 Å². The number of aromatic nitrogens is 3. The quantitative estimate of drug-likeness (QED) is 0.742. The third-order valence-electron chi connectivity index (χ3n) is 5.87. The van der Waals surface area contributed by atoms with Gasteiger partial charge in [-0.2, -0.15) is 0 Å². The number of hydrogen-bond donors (Lipinski definition) is 1. The lowest BCUT2D eigenvalue weighted by Crippen LogP contribution is -2.29. The van der Waals surface area contributed by atoms with Crippen LogP contribution < -0.4 is 5.32 Å². The first kappa shape index (κ1) is 18.6. The van der Waals surface area contributed by atoms with Crippen molar-refractivity contribution < 1.29 is 9.53 Å². The fraction of sp³-hybridized carbons (Fsp3) is 0.409. The smallest absolute Gasteiger partial charge is 0.228 e. The summed E-state index contributed by atoms with van der Waals surface area (Å²) in [4.78, 5) is 21.4. The van der Waals surface area contributed by atoms with E-state index in [-0.39, 0.29) is 17.9 Å². The molecular formula is C22H26N4O2. The molecule has 0 unspecified atom stereocenters. The van der Waals surface area contributed by atoms with Crippen molar-refractivity contribution in [2.24, 2.45) is 13.0 Å². The maximum atomic E-state index is 12.6. The summed E-state index contributed by atoms with van der Waals surface area (Å²) < 4.78 is 7.46. The molecule has 6 nitrogen and oxygen atoms in total. The largest absolute Gasteiger partial charge is 0.381 e. The number of ether oxygens (including phenoxy) is 1. The number of methoxy groups -OCH3 is 1. The van der Waals surface area contributed by atoms with Gasteiger partial charge in [0, 0.05) is 37.2 Å². The number of carbonyl (C=O) groups is 1. The van der Waals surface area contributed by atoms with Gasteiger partial charge in [0.1, 0.15) is 11.6 Å². The summed E-state index contributed by atoms with van der Waals surface area (Å²) in [6.45, 7) is 1.99. The van der Waals surface area contributed by atoms with Crippen molar-refractivity contribution in [3.05, 3.63) is 42.5 Å². The lowest BCUT2D eigenvalue weighted by Gasteiger charge is -2.26. The van der Waals surface area contributed by atoms with Crippen molar-refractivity contribution in [1.82, 2.24) is 14.5 Å². The van der Waals surface area contributed by atoms with E-state index in [0.717, 1.165) is 53.5 Å². The number of anilines is 1. The van der Waals surface area contributed by atoms with Crippen LogP contribution in [-0.4, -0.2) is 33.7 Å². The van der Waals surface area contributed by atoms with Crippen LogP contribution in [0.4, 0.5) is 5.82 Å². The Morgan fingerprint density at radius 1 is 1.11 bits per heavy atom. The summed E-state index contributed by atoms with van der Waals surface area (Å²) in [6, 6.07) is 8.19. The highest BCUT2D eigenvalue weighted by Gasteiger charge is 2.26. The minimum Gasteiger partial charge on any atom is -0.381 e. The van der Waals surface area contributed by atoms with Crippen molar-refractivity contribution in [1.29, 1.82) is 0 Å². The second-order valence-corrected chi connectivity index (χ2v) is 7.58. The second-order valence-electron chi connectivity index (χ2n) is 7.58. The number of rotatable bonds is 4. The number of carbonyl (C=O) groups excluding carboxylic acids is 1. The lowest BCUT2D eigenvalue weighted by atomic mass is 9.87. The molecular weight excluding hydrogens is 352 g/mol. The van der Waals surface area contributed by atoms with Gasteiger partial charge in [-0.1, -0.05) is 12.1 Å². The van der Waals surface area contributed by atoms with Crippen LogP contribution in [0.5, 0.6) is 0 Å². The number of nitrogens with zero attached hydrogens (tertiary/aromatic N) is 3. The van der Waals surface area contributed by atoms with Gasteiger partial charge in [-0.15, -0.1) is 0 Å². The van der Waals surface area contributed by atoms with Gasteiger partial charge < -0.3 is 14.6 Å². The van der Waals surface area contributed by atoms with Gasteiger partial charge in [0.25, 0.3) is 0 Å². The third kappa shape index (κ3) is 3.64. The van der Waals surface area contributed by atoms with Gasteiger partial charge >= 0.3 is 0 Å². The lowest BCUT2D eigenvalue weighted by molar-refractivity contribution is -0.121. The topological polar surface area (TPSA) is 69.0 Å². The first-order chi connectivity index (χ1) is 13.5. The van der Waals surface area contributed by atoms with Gasteiger partial charge in [0.15, 0.2) is 0 Å². The molecule has 0 atom stereocenters. The second kappa shape index (κ2) is 7.72. The molecule has 0 aliphatic heterocycles. The number of pyridine rings is 1. The van der Waals surface area contributed by atoms with Crippen molar-refractivity contribution in [2.75, 3.05) is 12.4 Å². The van der Waals surface area contributed by atoms with E-state index in [9.17, 15) is 4.79 Å². The van der Waals surface area contributed by atoms with Crippen LogP contribution in [0.2, 0.25) is 0 Å². The summed E-state index contributed by atoms with van der Waals surface area (Å²) in [5.41, 5.74) is 2.16. The first-order valence-corrected chi connectivity index (χ1v) is 9.77. The average Bonchev–Trinajstić information content (AvgIpc) is 3.06. The molecule has 1 aliphatic rings. The monoisotopic (exact) mass is 378 g/mol. The fourth-order valence-corrected chi connectivity index (χ4v) is 3.93. The van der Waals surface area contributed by atoms with Crippen molar-refractivity contribution in [2.45, 2.75) is 38.7 Å². The highest BCUT2D eigenvalue weighted by Crippen LogP contribution is 2.28. The molecule has 1 saturated carbocycles. The van der Waals surface area contributed by atoms with E-state index in [2.05, 4.69) is 38.1 Å². The third-order valence-corrected chi connectivity index (χ3v) is 5.87. The predicted octanol–water partition coefficient (Wildman–Crippen LogP) is 4.09. The zero-order chi connectivity index (χ0) is 19.7. The van der Waals surface area contributed by atoms with Gasteiger partial charge in [0.2, 0.25) is 5.91 Å². The number of fused-ring (bicyclic) bond motifs is 1. The molecule has 0 spiro atoms. The Kier molecular flexibility index (Phi) is 5.13. The Hall–Kier alpha value is -2.73. The summed E-state index contributed by atoms with van der Waals surface area (Å²) in [6.07, 6.45) is 7.59. The van der Waals surface area contributed by atoms with Crippen molar-refractivity contribution in [3.8, 4) is 11.3 Å². The molecule has 0 saturated heterocycles. The van der Waals surface area contributed by atoms with Gasteiger partial charge in [0.05, 0.1) is 18.0 Å². The highest BCUT2D eigenvalue weighted by molar-refractivity contribution is 5.95. The van der Waals surface area contributed by atoms with Crippen LogP contribution in [0.15, 0.2) is 36.7 Å². The maximum absolute atomic E-state index is 12.6. The molecule has 6 heteroatoms. The van der Waals surface area contributed by atoms with Crippen molar-refractivity contribution in [3.63, 3.8) is 0 Å². The van der Waals surface area contributed by atoms with Gasteiger partial charge in [-0.25, -0.2) is 9.97 Å². The van der Waals surface area contributed by atoms with Crippen molar-refractivity contribution >= 4 is 22.5 Å². The molecule has 1 aliphatic carbocycles. The number of benzene rings is 1. The molecule has 4 rings (SSSR count). The Morgan fingerprint density at radius 2 is 1.89 bits per heavy atom. The van der Waals surface area contributed by atoms with E-state index in [1.807, 2.05) is 32.4 Å². The summed E-state index contributed by atoms with van der Waals surface area (Å²) in [7, 11) is 3.75. The molecule has 1 N–H and O–H groups in total. The molecule has 2 heterocycles.